The van der Waals surface area contributed by atoms with Crippen LogP contribution < -0.4 is 4.90 Å². The fraction of sp³-hybridized carbons (Fsp3) is 0.615. The Morgan fingerprint density at radius 1 is 1.50 bits per heavy atom. The smallest absolute Gasteiger partial charge is 0.393 e. The SMILES string of the molecule is C[C@H](O)C[C@H]1COCCN1c1ccc(C(F)(F)F)cn1. The van der Waals surface area contributed by atoms with Crippen molar-refractivity contribution in [2.75, 3.05) is 24.7 Å². The third kappa shape index (κ3) is 3.61. The molecule has 0 radical (unpaired) electrons. The van der Waals surface area contributed by atoms with Gasteiger partial charge in [0.2, 0.25) is 0 Å². The van der Waals surface area contributed by atoms with Crippen molar-refractivity contribution in [3.63, 3.8) is 0 Å². The molecule has 0 aliphatic carbocycles. The zero-order valence-corrected chi connectivity index (χ0v) is 11.1. The molecule has 112 valence electrons. The lowest BCUT2D eigenvalue weighted by Crippen LogP contribution is -2.47. The normalized spacial score (nSPS) is 21.9. The molecule has 0 amide bonds. The van der Waals surface area contributed by atoms with E-state index in [0.717, 1.165) is 12.3 Å². The number of aliphatic hydroxyl groups excluding tert-OH is 1. The third-order valence-corrected chi connectivity index (χ3v) is 3.21. The van der Waals surface area contributed by atoms with Crippen LogP contribution in [0.2, 0.25) is 0 Å². The Labute approximate surface area is 115 Å². The molecule has 2 heterocycles. The average Bonchev–Trinajstić information content (AvgIpc) is 2.38. The molecule has 0 bridgehead atoms. The third-order valence-electron chi connectivity index (χ3n) is 3.21. The number of halogens is 3. The molecule has 0 aromatic carbocycles. The number of nitrogens with zero attached hydrogens (tertiary/aromatic N) is 2. The molecule has 1 aliphatic heterocycles. The van der Waals surface area contributed by atoms with Gasteiger partial charge >= 0.3 is 6.18 Å². The molecule has 20 heavy (non-hydrogen) atoms. The molecule has 0 spiro atoms. The topological polar surface area (TPSA) is 45.6 Å². The van der Waals surface area contributed by atoms with Gasteiger partial charge in [0, 0.05) is 12.7 Å². The number of morpholine rings is 1. The Balaban J connectivity index is 2.15. The highest BCUT2D eigenvalue weighted by molar-refractivity contribution is 5.41. The van der Waals surface area contributed by atoms with E-state index in [2.05, 4.69) is 4.98 Å². The first-order valence-corrected chi connectivity index (χ1v) is 6.43. The summed E-state index contributed by atoms with van der Waals surface area (Å²) in [6.07, 6.45) is -3.55. The van der Waals surface area contributed by atoms with E-state index in [9.17, 15) is 18.3 Å². The molecular formula is C13H17F3N2O2. The molecule has 4 nitrogen and oxygen atoms in total. The summed E-state index contributed by atoms with van der Waals surface area (Å²) in [6.45, 7) is 3.16. The summed E-state index contributed by atoms with van der Waals surface area (Å²) in [6, 6.07) is 2.31. The van der Waals surface area contributed by atoms with Gasteiger partial charge in [-0.3, -0.25) is 0 Å². The highest BCUT2D eigenvalue weighted by atomic mass is 19.4. The maximum Gasteiger partial charge on any atom is 0.417 e. The summed E-state index contributed by atoms with van der Waals surface area (Å²) in [5.41, 5.74) is -0.762. The number of hydrogen-bond donors (Lipinski definition) is 1. The molecule has 2 atom stereocenters. The molecule has 1 aromatic rings. The van der Waals surface area contributed by atoms with E-state index in [0.29, 0.717) is 32.0 Å². The largest absolute Gasteiger partial charge is 0.417 e. The van der Waals surface area contributed by atoms with Crippen molar-refractivity contribution in [2.24, 2.45) is 0 Å². The zero-order valence-electron chi connectivity index (χ0n) is 11.1. The lowest BCUT2D eigenvalue weighted by molar-refractivity contribution is -0.137. The molecule has 1 aromatic heterocycles. The minimum atomic E-state index is -4.38. The van der Waals surface area contributed by atoms with Gasteiger partial charge in [0.05, 0.1) is 30.9 Å². The van der Waals surface area contributed by atoms with E-state index < -0.39 is 17.8 Å². The number of ether oxygens (including phenoxy) is 1. The molecule has 1 saturated heterocycles. The number of aliphatic hydroxyl groups is 1. The summed E-state index contributed by atoms with van der Waals surface area (Å²) < 4.78 is 42.9. The van der Waals surface area contributed by atoms with E-state index in [1.807, 2.05) is 4.90 Å². The Kier molecular flexibility index (Phi) is 4.49. The lowest BCUT2D eigenvalue weighted by Gasteiger charge is -2.37. The van der Waals surface area contributed by atoms with Gasteiger partial charge < -0.3 is 14.7 Å². The summed E-state index contributed by atoms with van der Waals surface area (Å²) in [4.78, 5) is 5.78. The number of aromatic nitrogens is 1. The first-order chi connectivity index (χ1) is 9.38. The molecule has 1 N–H and O–H groups in total. The monoisotopic (exact) mass is 290 g/mol. The lowest BCUT2D eigenvalue weighted by atomic mass is 10.1. The van der Waals surface area contributed by atoms with E-state index in [4.69, 9.17) is 4.74 Å². The van der Waals surface area contributed by atoms with Crippen molar-refractivity contribution < 1.29 is 23.0 Å². The van der Waals surface area contributed by atoms with Crippen LogP contribution in [0.25, 0.3) is 0 Å². The zero-order chi connectivity index (χ0) is 14.8. The molecule has 1 fully saturated rings. The molecule has 0 saturated carbocycles. The van der Waals surface area contributed by atoms with Crippen LogP contribution in [-0.2, 0) is 10.9 Å². The van der Waals surface area contributed by atoms with E-state index >= 15 is 0 Å². The average molecular weight is 290 g/mol. The summed E-state index contributed by atoms with van der Waals surface area (Å²) in [5.74, 6) is 0.479. The molecule has 2 rings (SSSR count). The van der Waals surface area contributed by atoms with Crippen LogP contribution in [0.15, 0.2) is 18.3 Å². The fourth-order valence-electron chi connectivity index (χ4n) is 2.27. The Morgan fingerprint density at radius 2 is 2.25 bits per heavy atom. The standard InChI is InChI=1S/C13H17F3N2O2/c1-9(19)6-11-8-20-5-4-18(11)12-3-2-10(7-17-12)13(14,15)16/h2-3,7,9,11,19H,4-6,8H2,1H3/t9-,11-/m0/s1. The van der Waals surface area contributed by atoms with Crippen molar-refractivity contribution in [1.82, 2.24) is 4.98 Å². The van der Waals surface area contributed by atoms with Gasteiger partial charge in [-0.2, -0.15) is 13.2 Å². The van der Waals surface area contributed by atoms with Crippen molar-refractivity contribution in [1.29, 1.82) is 0 Å². The number of pyridine rings is 1. The quantitative estimate of drug-likeness (QED) is 0.925. The van der Waals surface area contributed by atoms with Gasteiger partial charge in [-0.1, -0.05) is 0 Å². The number of rotatable bonds is 3. The van der Waals surface area contributed by atoms with Crippen molar-refractivity contribution in [2.45, 2.75) is 31.7 Å². The van der Waals surface area contributed by atoms with Crippen LogP contribution in [0.1, 0.15) is 18.9 Å². The van der Waals surface area contributed by atoms with Crippen LogP contribution >= 0.6 is 0 Å². The maximum absolute atomic E-state index is 12.5. The predicted octanol–water partition coefficient (Wildman–Crippen LogP) is 2.08. The molecule has 0 unspecified atom stereocenters. The first-order valence-electron chi connectivity index (χ1n) is 6.43. The van der Waals surface area contributed by atoms with Gasteiger partial charge in [-0.05, 0) is 25.5 Å². The Hall–Kier alpha value is -1.34. The minimum Gasteiger partial charge on any atom is -0.393 e. The summed E-state index contributed by atoms with van der Waals surface area (Å²) >= 11 is 0. The van der Waals surface area contributed by atoms with Gasteiger partial charge in [-0.25, -0.2) is 4.98 Å². The van der Waals surface area contributed by atoms with E-state index in [-0.39, 0.29) is 6.04 Å². The summed E-state index contributed by atoms with van der Waals surface area (Å²) in [5, 5.41) is 9.47. The van der Waals surface area contributed by atoms with E-state index in [1.54, 1.807) is 6.92 Å². The fourth-order valence-corrected chi connectivity index (χ4v) is 2.27. The van der Waals surface area contributed by atoms with Crippen molar-refractivity contribution in [3.05, 3.63) is 23.9 Å². The number of hydrogen-bond acceptors (Lipinski definition) is 4. The van der Waals surface area contributed by atoms with Gasteiger partial charge in [0.25, 0.3) is 0 Å². The number of alkyl halides is 3. The van der Waals surface area contributed by atoms with Gasteiger partial charge in [-0.15, -0.1) is 0 Å². The Morgan fingerprint density at radius 3 is 2.80 bits per heavy atom. The maximum atomic E-state index is 12.5. The van der Waals surface area contributed by atoms with E-state index in [1.165, 1.54) is 6.07 Å². The van der Waals surface area contributed by atoms with Crippen molar-refractivity contribution in [3.8, 4) is 0 Å². The predicted molar refractivity (Wildman–Crippen MR) is 67.5 cm³/mol. The van der Waals surface area contributed by atoms with Crippen LogP contribution in [-0.4, -0.2) is 42.0 Å². The second-order valence-corrected chi connectivity index (χ2v) is 4.91. The highest BCUT2D eigenvalue weighted by Crippen LogP contribution is 2.30. The molecule has 1 aliphatic rings. The molecular weight excluding hydrogens is 273 g/mol. The Bertz CT molecular complexity index is 434. The number of anilines is 1. The highest BCUT2D eigenvalue weighted by Gasteiger charge is 2.31. The van der Waals surface area contributed by atoms with Crippen LogP contribution in [0.5, 0.6) is 0 Å². The van der Waals surface area contributed by atoms with Gasteiger partial charge in [0.1, 0.15) is 5.82 Å². The molecule has 7 heteroatoms. The minimum absolute atomic E-state index is 0.0759. The van der Waals surface area contributed by atoms with Crippen LogP contribution in [0.3, 0.4) is 0 Å². The summed E-state index contributed by atoms with van der Waals surface area (Å²) in [7, 11) is 0. The first kappa shape index (κ1) is 15.1. The van der Waals surface area contributed by atoms with Gasteiger partial charge in [0.15, 0.2) is 0 Å². The second kappa shape index (κ2) is 5.97. The van der Waals surface area contributed by atoms with Crippen LogP contribution in [0, 0.1) is 0 Å². The van der Waals surface area contributed by atoms with Crippen LogP contribution in [0.4, 0.5) is 19.0 Å². The van der Waals surface area contributed by atoms with Crippen molar-refractivity contribution >= 4 is 5.82 Å². The second-order valence-electron chi connectivity index (χ2n) is 4.91.